The van der Waals surface area contributed by atoms with E-state index in [0.717, 1.165) is 42.5 Å². The van der Waals surface area contributed by atoms with Crippen molar-refractivity contribution in [2.24, 2.45) is 5.92 Å². The molecule has 0 aliphatic carbocycles. The Morgan fingerprint density at radius 3 is 2.79 bits per heavy atom. The van der Waals surface area contributed by atoms with Gasteiger partial charge in [-0.3, -0.25) is 4.79 Å². The quantitative estimate of drug-likeness (QED) is 0.791. The van der Waals surface area contributed by atoms with Crippen LogP contribution in [0.4, 0.5) is 5.69 Å². The molecule has 1 aromatic heterocycles. The van der Waals surface area contributed by atoms with E-state index in [2.05, 4.69) is 15.6 Å². The number of piperidine rings is 1. The predicted molar refractivity (Wildman–Crippen MR) is 79.8 cm³/mol. The van der Waals surface area contributed by atoms with Crippen LogP contribution in [0.3, 0.4) is 0 Å². The third kappa shape index (κ3) is 3.08. The second-order valence-corrected chi connectivity index (χ2v) is 4.79. The summed E-state index contributed by atoms with van der Waals surface area (Å²) in [5.41, 5.74) is 1.97. The maximum absolute atomic E-state index is 12.1. The largest absolute Gasteiger partial charge is 0.361 e. The summed E-state index contributed by atoms with van der Waals surface area (Å²) in [4.78, 5) is 15.2. The van der Waals surface area contributed by atoms with Crippen LogP contribution in [0.25, 0.3) is 10.9 Å². The molecule has 2 heterocycles. The molecule has 3 N–H and O–H groups in total. The fraction of sp³-hybridized carbons (Fsp3) is 0.357. The van der Waals surface area contributed by atoms with Crippen molar-refractivity contribution in [1.29, 1.82) is 0 Å². The molecule has 0 radical (unpaired) electrons. The van der Waals surface area contributed by atoms with Crippen molar-refractivity contribution in [3.8, 4) is 0 Å². The summed E-state index contributed by atoms with van der Waals surface area (Å²) < 4.78 is 0. The Kier molecular flexibility index (Phi) is 4.45. The highest BCUT2D eigenvalue weighted by Gasteiger charge is 2.20. The molecule has 0 spiro atoms. The zero-order valence-electron chi connectivity index (χ0n) is 10.6. The average Bonchev–Trinajstić information content (AvgIpc) is 2.87. The van der Waals surface area contributed by atoms with Gasteiger partial charge in [0.15, 0.2) is 0 Å². The first-order valence-corrected chi connectivity index (χ1v) is 6.42. The lowest BCUT2D eigenvalue weighted by atomic mass is 9.97. The molecule has 1 aromatic carbocycles. The van der Waals surface area contributed by atoms with E-state index in [1.54, 1.807) is 0 Å². The molecule has 4 nitrogen and oxygen atoms in total. The summed E-state index contributed by atoms with van der Waals surface area (Å²) in [6.07, 6.45) is 3.76. The number of fused-ring (bicyclic) bond motifs is 1. The number of carbonyl (C=O) groups is 1. The number of anilines is 1. The van der Waals surface area contributed by atoms with Crippen molar-refractivity contribution in [3.05, 3.63) is 30.5 Å². The van der Waals surface area contributed by atoms with E-state index < -0.39 is 0 Å². The summed E-state index contributed by atoms with van der Waals surface area (Å²) in [6, 6.07) is 7.95. The minimum absolute atomic E-state index is 0. The monoisotopic (exact) mass is 279 g/mol. The van der Waals surface area contributed by atoms with Crippen molar-refractivity contribution >= 4 is 34.9 Å². The van der Waals surface area contributed by atoms with E-state index >= 15 is 0 Å². The van der Waals surface area contributed by atoms with Gasteiger partial charge < -0.3 is 15.6 Å². The van der Waals surface area contributed by atoms with Gasteiger partial charge in [0.1, 0.15) is 0 Å². The second kappa shape index (κ2) is 6.08. The lowest BCUT2D eigenvalue weighted by molar-refractivity contribution is -0.120. The number of carbonyl (C=O) groups excluding carboxylic acids is 1. The molecule has 0 atom stereocenters. The highest BCUT2D eigenvalue weighted by atomic mass is 35.5. The van der Waals surface area contributed by atoms with Crippen LogP contribution in [0.2, 0.25) is 0 Å². The van der Waals surface area contributed by atoms with Gasteiger partial charge >= 0.3 is 0 Å². The first-order chi connectivity index (χ1) is 8.83. The Morgan fingerprint density at radius 1 is 1.21 bits per heavy atom. The normalized spacial score (nSPS) is 16.0. The molecule has 19 heavy (non-hydrogen) atoms. The van der Waals surface area contributed by atoms with E-state index in [1.807, 2.05) is 30.5 Å². The van der Waals surface area contributed by atoms with Crippen molar-refractivity contribution in [3.63, 3.8) is 0 Å². The van der Waals surface area contributed by atoms with Crippen LogP contribution in [0.5, 0.6) is 0 Å². The summed E-state index contributed by atoms with van der Waals surface area (Å²) in [6.45, 7) is 1.88. The summed E-state index contributed by atoms with van der Waals surface area (Å²) in [7, 11) is 0. The summed E-state index contributed by atoms with van der Waals surface area (Å²) >= 11 is 0. The molecule has 3 rings (SSSR count). The van der Waals surface area contributed by atoms with Crippen LogP contribution >= 0.6 is 12.4 Å². The molecule has 2 aromatic rings. The molecule has 5 heteroatoms. The molecule has 1 aliphatic rings. The molecule has 0 bridgehead atoms. The third-order valence-electron chi connectivity index (χ3n) is 3.53. The minimum Gasteiger partial charge on any atom is -0.361 e. The third-order valence-corrected chi connectivity index (χ3v) is 3.53. The Balaban J connectivity index is 0.00000133. The van der Waals surface area contributed by atoms with Crippen LogP contribution in [-0.4, -0.2) is 24.0 Å². The van der Waals surface area contributed by atoms with Crippen molar-refractivity contribution < 1.29 is 4.79 Å². The molecule has 0 unspecified atom stereocenters. The molecular weight excluding hydrogens is 262 g/mol. The van der Waals surface area contributed by atoms with Gasteiger partial charge in [-0.15, -0.1) is 12.4 Å². The van der Waals surface area contributed by atoms with Gasteiger partial charge in [0, 0.05) is 28.7 Å². The Labute approximate surface area is 118 Å². The maximum atomic E-state index is 12.1. The van der Waals surface area contributed by atoms with E-state index in [-0.39, 0.29) is 24.2 Å². The predicted octanol–water partition coefficient (Wildman–Crippen LogP) is 2.53. The molecular formula is C14H18ClN3O. The van der Waals surface area contributed by atoms with Gasteiger partial charge in [-0.25, -0.2) is 0 Å². The number of aromatic amines is 1. The van der Waals surface area contributed by atoms with Gasteiger partial charge in [0.2, 0.25) is 5.91 Å². The van der Waals surface area contributed by atoms with Gasteiger partial charge in [-0.1, -0.05) is 0 Å². The first kappa shape index (κ1) is 13.9. The number of hydrogen-bond acceptors (Lipinski definition) is 2. The van der Waals surface area contributed by atoms with E-state index in [1.165, 1.54) is 0 Å². The molecule has 0 saturated carbocycles. The maximum Gasteiger partial charge on any atom is 0.227 e. The Hall–Kier alpha value is -1.52. The molecule has 1 saturated heterocycles. The Morgan fingerprint density at radius 2 is 2.00 bits per heavy atom. The van der Waals surface area contributed by atoms with Gasteiger partial charge in [0.25, 0.3) is 0 Å². The lowest BCUT2D eigenvalue weighted by Crippen LogP contribution is -2.34. The molecule has 102 valence electrons. The lowest BCUT2D eigenvalue weighted by Gasteiger charge is -2.21. The standard InChI is InChI=1S/C14H17N3O.ClH/c18-14(10-3-6-15-7-4-10)17-12-1-2-13-11(9-12)5-8-16-13;/h1-2,5,8-10,15-16H,3-4,6-7H2,(H,17,18);1H. The zero-order chi connectivity index (χ0) is 12.4. The summed E-state index contributed by atoms with van der Waals surface area (Å²) in [5.74, 6) is 0.291. The van der Waals surface area contributed by atoms with Gasteiger partial charge in [0.05, 0.1) is 0 Å². The zero-order valence-corrected chi connectivity index (χ0v) is 11.4. The smallest absolute Gasteiger partial charge is 0.227 e. The van der Waals surface area contributed by atoms with Crippen LogP contribution in [0.1, 0.15) is 12.8 Å². The topological polar surface area (TPSA) is 56.9 Å². The van der Waals surface area contributed by atoms with Crippen LogP contribution in [0, 0.1) is 5.92 Å². The number of aromatic nitrogens is 1. The average molecular weight is 280 g/mol. The first-order valence-electron chi connectivity index (χ1n) is 6.42. The fourth-order valence-corrected chi connectivity index (χ4v) is 2.46. The number of hydrogen-bond donors (Lipinski definition) is 3. The number of H-pyrrole nitrogens is 1. The SMILES string of the molecule is Cl.O=C(Nc1ccc2[nH]ccc2c1)C1CCNCC1. The number of benzene rings is 1. The summed E-state index contributed by atoms with van der Waals surface area (Å²) in [5, 5.41) is 7.41. The highest BCUT2D eigenvalue weighted by molar-refractivity contribution is 5.95. The molecule has 1 aliphatic heterocycles. The highest BCUT2D eigenvalue weighted by Crippen LogP contribution is 2.20. The van der Waals surface area contributed by atoms with E-state index in [9.17, 15) is 4.79 Å². The fourth-order valence-electron chi connectivity index (χ4n) is 2.46. The van der Waals surface area contributed by atoms with Crippen LogP contribution in [-0.2, 0) is 4.79 Å². The van der Waals surface area contributed by atoms with Crippen molar-refractivity contribution in [2.75, 3.05) is 18.4 Å². The van der Waals surface area contributed by atoms with E-state index in [4.69, 9.17) is 0 Å². The molecule has 1 amide bonds. The number of amides is 1. The number of halogens is 1. The van der Waals surface area contributed by atoms with Crippen LogP contribution in [0.15, 0.2) is 30.5 Å². The Bertz CT molecular complexity index is 561. The van der Waals surface area contributed by atoms with Gasteiger partial charge in [-0.05, 0) is 50.2 Å². The number of nitrogens with one attached hydrogen (secondary N) is 3. The van der Waals surface area contributed by atoms with E-state index in [0.29, 0.717) is 0 Å². The van der Waals surface area contributed by atoms with Gasteiger partial charge in [-0.2, -0.15) is 0 Å². The molecule has 1 fully saturated rings. The van der Waals surface area contributed by atoms with Crippen LogP contribution < -0.4 is 10.6 Å². The minimum atomic E-state index is 0. The van der Waals surface area contributed by atoms with Crippen molar-refractivity contribution in [1.82, 2.24) is 10.3 Å². The number of rotatable bonds is 2. The van der Waals surface area contributed by atoms with Crippen molar-refractivity contribution in [2.45, 2.75) is 12.8 Å². The second-order valence-electron chi connectivity index (χ2n) is 4.79.